The Labute approximate surface area is 155 Å². The first-order valence-corrected chi connectivity index (χ1v) is 10.1. The van der Waals surface area contributed by atoms with E-state index in [4.69, 9.17) is 0 Å². The molecule has 1 saturated carbocycles. The number of anilines is 1. The van der Waals surface area contributed by atoms with Gasteiger partial charge in [0.05, 0.1) is 0 Å². The Hall–Kier alpha value is -2.11. The second-order valence-electron chi connectivity index (χ2n) is 7.77. The molecular formula is C20H29N5O. The summed E-state index contributed by atoms with van der Waals surface area (Å²) in [6, 6.07) is 6.08. The quantitative estimate of drug-likeness (QED) is 0.846. The minimum absolute atomic E-state index is 0.334. The van der Waals surface area contributed by atoms with Gasteiger partial charge in [-0.25, -0.2) is 0 Å². The van der Waals surface area contributed by atoms with E-state index in [-0.39, 0.29) is 0 Å². The maximum Gasteiger partial charge on any atom is 0.231 e. The van der Waals surface area contributed by atoms with Crippen molar-refractivity contribution in [2.45, 2.75) is 51.9 Å². The molecule has 1 aliphatic carbocycles. The van der Waals surface area contributed by atoms with Crippen LogP contribution in [0.4, 0.5) is 5.95 Å². The largest absolute Gasteiger partial charge is 0.341 e. The Balaban J connectivity index is 1.39. The highest BCUT2D eigenvalue weighted by molar-refractivity contribution is 5.76. The van der Waals surface area contributed by atoms with Crippen molar-refractivity contribution >= 4 is 17.5 Å². The molecule has 1 aliphatic heterocycles. The Morgan fingerprint density at radius 1 is 1.08 bits per heavy atom. The van der Waals surface area contributed by atoms with Crippen molar-refractivity contribution in [3.8, 4) is 0 Å². The molecule has 0 unspecified atom stereocenters. The van der Waals surface area contributed by atoms with E-state index in [0.29, 0.717) is 5.91 Å². The van der Waals surface area contributed by atoms with Gasteiger partial charge >= 0.3 is 0 Å². The van der Waals surface area contributed by atoms with Crippen molar-refractivity contribution in [2.75, 3.05) is 31.1 Å². The smallest absolute Gasteiger partial charge is 0.231 e. The maximum absolute atomic E-state index is 12.6. The van der Waals surface area contributed by atoms with Gasteiger partial charge in [-0.05, 0) is 37.8 Å². The van der Waals surface area contributed by atoms with E-state index in [0.717, 1.165) is 68.6 Å². The van der Waals surface area contributed by atoms with Gasteiger partial charge in [0.1, 0.15) is 0 Å². The molecule has 2 fully saturated rings. The summed E-state index contributed by atoms with van der Waals surface area (Å²) in [6.45, 7) is 5.46. The van der Waals surface area contributed by atoms with Gasteiger partial charge in [-0.2, -0.15) is 0 Å². The first-order valence-electron chi connectivity index (χ1n) is 10.1. The summed E-state index contributed by atoms with van der Waals surface area (Å²) in [5, 5.41) is 8.72. The molecule has 0 radical (unpaired) electrons. The zero-order valence-electron chi connectivity index (χ0n) is 15.7. The van der Waals surface area contributed by atoms with E-state index in [2.05, 4.69) is 37.4 Å². The lowest BCUT2D eigenvalue weighted by atomic mass is 10.0. The lowest BCUT2D eigenvalue weighted by molar-refractivity contribution is -0.131. The fourth-order valence-electron chi connectivity index (χ4n) is 4.44. The lowest BCUT2D eigenvalue weighted by Gasteiger charge is -2.23. The third-order valence-electron chi connectivity index (χ3n) is 5.98. The number of fused-ring (bicyclic) bond motifs is 1. The number of nitrogens with zero attached hydrogens (tertiary/aromatic N) is 5. The van der Waals surface area contributed by atoms with Gasteiger partial charge < -0.3 is 9.80 Å². The van der Waals surface area contributed by atoms with E-state index in [1.54, 1.807) is 0 Å². The summed E-state index contributed by atoms with van der Waals surface area (Å²) in [6.07, 6.45) is 8.12. The zero-order valence-corrected chi connectivity index (χ0v) is 15.7. The summed E-state index contributed by atoms with van der Waals surface area (Å²) < 4.78 is 2.11. The highest BCUT2D eigenvalue weighted by Gasteiger charge is 2.23. The van der Waals surface area contributed by atoms with Crippen LogP contribution < -0.4 is 4.90 Å². The molecule has 1 saturated heterocycles. The summed E-state index contributed by atoms with van der Waals surface area (Å²) in [5.41, 5.74) is 2.02. The zero-order chi connectivity index (χ0) is 17.9. The SMILES string of the molecule is Cc1cccc2nnc(N3CCCN(C(=O)CCC4CCCC4)CC3)n12. The van der Waals surface area contributed by atoms with Crippen molar-refractivity contribution in [1.29, 1.82) is 0 Å². The molecule has 140 valence electrons. The number of pyridine rings is 1. The predicted octanol–water partition coefficient (Wildman–Crippen LogP) is 3.05. The number of hydrogen-bond donors (Lipinski definition) is 0. The van der Waals surface area contributed by atoms with Gasteiger partial charge in [-0.15, -0.1) is 10.2 Å². The standard InChI is InChI=1S/C20H29N5O/c1-16-6-4-9-18-21-22-20(25(16)18)24-13-5-12-23(14-15-24)19(26)11-10-17-7-2-3-8-17/h4,6,9,17H,2-3,5,7-8,10-15H2,1H3. The number of aromatic nitrogens is 3. The number of aryl methyl sites for hydroxylation is 1. The Kier molecular flexibility index (Phi) is 5.09. The van der Waals surface area contributed by atoms with Crippen LogP contribution in [-0.2, 0) is 4.79 Å². The monoisotopic (exact) mass is 355 g/mol. The van der Waals surface area contributed by atoms with Crippen molar-refractivity contribution in [1.82, 2.24) is 19.5 Å². The van der Waals surface area contributed by atoms with E-state index in [9.17, 15) is 4.79 Å². The molecule has 0 spiro atoms. The van der Waals surface area contributed by atoms with Gasteiger partial charge in [0, 0.05) is 38.3 Å². The third-order valence-corrected chi connectivity index (χ3v) is 5.98. The molecule has 26 heavy (non-hydrogen) atoms. The van der Waals surface area contributed by atoms with Crippen LogP contribution in [-0.4, -0.2) is 51.6 Å². The fraction of sp³-hybridized carbons (Fsp3) is 0.650. The van der Waals surface area contributed by atoms with Crippen LogP contribution >= 0.6 is 0 Å². The summed E-state index contributed by atoms with van der Waals surface area (Å²) in [4.78, 5) is 17.0. The van der Waals surface area contributed by atoms with E-state index in [1.807, 2.05) is 12.1 Å². The predicted molar refractivity (Wildman–Crippen MR) is 102 cm³/mol. The molecule has 3 heterocycles. The molecule has 6 heteroatoms. The summed E-state index contributed by atoms with van der Waals surface area (Å²) in [5.74, 6) is 2.02. The van der Waals surface area contributed by atoms with Crippen molar-refractivity contribution in [2.24, 2.45) is 5.92 Å². The minimum atomic E-state index is 0.334. The van der Waals surface area contributed by atoms with Gasteiger partial charge in [0.2, 0.25) is 11.9 Å². The van der Waals surface area contributed by atoms with Crippen molar-refractivity contribution in [3.05, 3.63) is 23.9 Å². The average Bonchev–Trinajstić information content (AvgIpc) is 3.25. The molecule has 0 atom stereocenters. The highest BCUT2D eigenvalue weighted by atomic mass is 16.2. The van der Waals surface area contributed by atoms with Gasteiger partial charge in [-0.3, -0.25) is 9.20 Å². The van der Waals surface area contributed by atoms with Gasteiger partial charge in [0.25, 0.3) is 0 Å². The molecule has 2 aromatic heterocycles. The van der Waals surface area contributed by atoms with Crippen molar-refractivity contribution < 1.29 is 4.79 Å². The lowest BCUT2D eigenvalue weighted by Crippen LogP contribution is -2.35. The van der Waals surface area contributed by atoms with Crippen LogP contribution in [0.5, 0.6) is 0 Å². The molecule has 2 aliphatic rings. The molecule has 0 aromatic carbocycles. The second-order valence-corrected chi connectivity index (χ2v) is 7.77. The number of hydrogen-bond acceptors (Lipinski definition) is 4. The van der Waals surface area contributed by atoms with E-state index >= 15 is 0 Å². The molecule has 0 bridgehead atoms. The minimum Gasteiger partial charge on any atom is -0.341 e. The summed E-state index contributed by atoms with van der Waals surface area (Å²) >= 11 is 0. The topological polar surface area (TPSA) is 53.7 Å². The normalized spacial score (nSPS) is 19.3. The van der Waals surface area contributed by atoms with Crippen LogP contribution in [0.2, 0.25) is 0 Å². The van der Waals surface area contributed by atoms with Crippen LogP contribution in [0, 0.1) is 12.8 Å². The number of rotatable bonds is 4. The average molecular weight is 355 g/mol. The fourth-order valence-corrected chi connectivity index (χ4v) is 4.44. The van der Waals surface area contributed by atoms with Crippen LogP contribution in [0.1, 0.15) is 50.6 Å². The molecule has 0 N–H and O–H groups in total. The molecular weight excluding hydrogens is 326 g/mol. The number of carbonyl (C=O) groups is 1. The molecule has 4 rings (SSSR count). The van der Waals surface area contributed by atoms with Crippen LogP contribution in [0.25, 0.3) is 5.65 Å². The number of carbonyl (C=O) groups excluding carboxylic acids is 1. The first kappa shape index (κ1) is 17.3. The summed E-state index contributed by atoms with van der Waals surface area (Å²) in [7, 11) is 0. The molecule has 6 nitrogen and oxygen atoms in total. The van der Waals surface area contributed by atoms with Gasteiger partial charge in [0.15, 0.2) is 5.65 Å². The highest BCUT2D eigenvalue weighted by Crippen LogP contribution is 2.28. The van der Waals surface area contributed by atoms with Crippen molar-refractivity contribution in [3.63, 3.8) is 0 Å². The van der Waals surface area contributed by atoms with Crippen LogP contribution in [0.3, 0.4) is 0 Å². The van der Waals surface area contributed by atoms with E-state index < -0.39 is 0 Å². The third kappa shape index (κ3) is 3.55. The second kappa shape index (κ2) is 7.64. The van der Waals surface area contributed by atoms with Crippen LogP contribution in [0.15, 0.2) is 18.2 Å². The first-order chi connectivity index (χ1) is 12.7. The molecule has 1 amide bonds. The number of amides is 1. The maximum atomic E-state index is 12.6. The Bertz CT molecular complexity index is 765. The van der Waals surface area contributed by atoms with Gasteiger partial charge in [-0.1, -0.05) is 31.7 Å². The molecule has 2 aromatic rings. The van der Waals surface area contributed by atoms with E-state index in [1.165, 1.54) is 25.7 Å². The Morgan fingerprint density at radius 2 is 1.92 bits per heavy atom. The Morgan fingerprint density at radius 3 is 2.77 bits per heavy atom.